The highest BCUT2D eigenvalue weighted by molar-refractivity contribution is 5.82. The normalized spacial score (nSPS) is 13.7. The van der Waals surface area contributed by atoms with Crippen LogP contribution in [0.2, 0.25) is 0 Å². The van der Waals surface area contributed by atoms with Gasteiger partial charge in [-0.3, -0.25) is 0 Å². The average molecular weight is 344 g/mol. The number of benzene rings is 1. The maximum absolute atomic E-state index is 14.2. The number of H-pyrrole nitrogens is 1. The van der Waals surface area contributed by atoms with Crippen molar-refractivity contribution in [1.82, 2.24) is 20.4 Å². The maximum Gasteiger partial charge on any atom is 0.317 e. The topological polar surface area (TPSA) is 83.4 Å². The molecule has 7 nitrogen and oxygen atoms in total. The molecule has 4 rings (SSSR count). The Morgan fingerprint density at radius 2 is 2.28 bits per heavy atom. The lowest BCUT2D eigenvalue weighted by molar-refractivity contribution is 0.167. The Hall–Kier alpha value is -3.03. The van der Waals surface area contributed by atoms with Gasteiger partial charge < -0.3 is 24.5 Å². The minimum Gasteiger partial charge on any atom is -0.482 e. The molecular weight excluding hydrogens is 327 g/mol. The van der Waals surface area contributed by atoms with Gasteiger partial charge in [-0.25, -0.2) is 9.18 Å². The monoisotopic (exact) mass is 344 g/mol. The molecule has 8 heteroatoms. The van der Waals surface area contributed by atoms with Crippen molar-refractivity contribution in [1.29, 1.82) is 0 Å². The van der Waals surface area contributed by atoms with Gasteiger partial charge in [0.25, 0.3) is 0 Å². The molecule has 3 aromatic rings. The molecule has 130 valence electrons. The number of carbonyl (C=O) groups is 1. The predicted octanol–water partition coefficient (Wildman–Crippen LogP) is 2.79. The van der Waals surface area contributed by atoms with Crippen molar-refractivity contribution in [2.45, 2.75) is 19.6 Å². The molecule has 0 atom stereocenters. The molecule has 1 aliphatic rings. The summed E-state index contributed by atoms with van der Waals surface area (Å²) < 4.78 is 24.5. The van der Waals surface area contributed by atoms with Gasteiger partial charge in [-0.15, -0.1) is 0 Å². The fourth-order valence-electron chi connectivity index (χ4n) is 2.67. The number of rotatable bonds is 5. The first kappa shape index (κ1) is 15.5. The highest BCUT2D eigenvalue weighted by Crippen LogP contribution is 2.26. The van der Waals surface area contributed by atoms with Crippen LogP contribution in [0.5, 0.6) is 5.75 Å². The number of aromatic amines is 1. The second-order valence-electron chi connectivity index (χ2n) is 5.93. The molecule has 25 heavy (non-hydrogen) atoms. The minimum absolute atomic E-state index is 0.0767. The number of likely N-dealkylation sites (tertiary alicyclic amines) is 1. The van der Waals surface area contributed by atoms with Gasteiger partial charge in [-0.2, -0.15) is 0 Å². The fourth-order valence-corrected chi connectivity index (χ4v) is 2.67. The predicted molar refractivity (Wildman–Crippen MR) is 87.5 cm³/mol. The molecule has 2 amide bonds. The lowest BCUT2D eigenvalue weighted by atomic mass is 10.2. The summed E-state index contributed by atoms with van der Waals surface area (Å²) in [5, 5.41) is 7.14. The third-order valence-corrected chi connectivity index (χ3v) is 4.16. The number of halogens is 1. The number of carbonyl (C=O) groups excluding carboxylic acids is 1. The largest absolute Gasteiger partial charge is 0.482 e. The van der Waals surface area contributed by atoms with Gasteiger partial charge in [-0.05, 0) is 18.6 Å². The number of nitrogens with one attached hydrogen (secondary N) is 2. The van der Waals surface area contributed by atoms with Crippen LogP contribution in [0.3, 0.4) is 0 Å². The molecule has 2 aromatic heterocycles. The van der Waals surface area contributed by atoms with Crippen molar-refractivity contribution < 1.29 is 18.4 Å². The molecule has 0 bridgehead atoms. The van der Waals surface area contributed by atoms with Crippen molar-refractivity contribution in [3.63, 3.8) is 0 Å². The summed E-state index contributed by atoms with van der Waals surface area (Å²) in [6.45, 7) is 2.06. The van der Waals surface area contributed by atoms with Crippen LogP contribution in [-0.2, 0) is 13.2 Å². The summed E-state index contributed by atoms with van der Waals surface area (Å²) in [6, 6.07) is 6.40. The number of aromatic nitrogens is 2. The lowest BCUT2D eigenvalue weighted by Crippen LogP contribution is -2.47. The Kier molecular flexibility index (Phi) is 4.01. The van der Waals surface area contributed by atoms with E-state index < -0.39 is 5.82 Å². The molecule has 1 aromatic carbocycles. The summed E-state index contributed by atoms with van der Waals surface area (Å²) in [4.78, 5) is 16.7. The molecule has 0 aliphatic carbocycles. The van der Waals surface area contributed by atoms with Crippen LogP contribution in [0, 0.1) is 5.82 Å². The van der Waals surface area contributed by atoms with E-state index in [1.807, 2.05) is 6.07 Å². The molecular formula is C17H17FN4O3. The Balaban J connectivity index is 1.45. The number of ether oxygens (including phenoxy) is 1. The number of nitrogens with zero attached hydrogens (tertiary/aromatic N) is 2. The summed E-state index contributed by atoms with van der Waals surface area (Å²) >= 11 is 0. The van der Waals surface area contributed by atoms with Gasteiger partial charge in [-0.1, -0.05) is 5.16 Å². The lowest BCUT2D eigenvalue weighted by Gasteiger charge is -2.30. The first-order valence-electron chi connectivity index (χ1n) is 8.05. The van der Waals surface area contributed by atoms with E-state index in [4.69, 9.17) is 9.26 Å². The SMILES string of the molecule is O=C(NCc1cc2cc(F)c(OCc3ccno3)cc2[nH]1)N1CCC1. The zero-order valence-corrected chi connectivity index (χ0v) is 13.4. The van der Waals surface area contributed by atoms with Gasteiger partial charge in [0.05, 0.1) is 12.7 Å². The van der Waals surface area contributed by atoms with Crippen LogP contribution in [0.25, 0.3) is 10.9 Å². The van der Waals surface area contributed by atoms with E-state index >= 15 is 0 Å². The van der Waals surface area contributed by atoms with E-state index in [9.17, 15) is 9.18 Å². The third kappa shape index (κ3) is 3.28. The van der Waals surface area contributed by atoms with E-state index in [2.05, 4.69) is 15.5 Å². The second-order valence-corrected chi connectivity index (χ2v) is 5.93. The first-order chi connectivity index (χ1) is 12.2. The quantitative estimate of drug-likeness (QED) is 0.745. The first-order valence-corrected chi connectivity index (χ1v) is 8.05. The Bertz CT molecular complexity index is 887. The van der Waals surface area contributed by atoms with E-state index in [1.54, 1.807) is 17.0 Å². The highest BCUT2D eigenvalue weighted by atomic mass is 19.1. The van der Waals surface area contributed by atoms with E-state index in [1.165, 1.54) is 12.3 Å². The van der Waals surface area contributed by atoms with Crippen molar-refractivity contribution in [2.75, 3.05) is 13.1 Å². The minimum atomic E-state index is -0.456. The summed E-state index contributed by atoms with van der Waals surface area (Å²) in [5.74, 6) is 0.185. The molecule has 0 radical (unpaired) electrons. The fraction of sp³-hybridized carbons (Fsp3) is 0.294. The molecule has 2 N–H and O–H groups in total. The summed E-state index contributed by atoms with van der Waals surface area (Å²) in [6.07, 6.45) is 2.56. The standard InChI is InChI=1S/C17H17FN4O3/c18-14-7-11-6-12(9-19-17(23)22-4-1-5-22)21-15(11)8-16(14)24-10-13-2-3-20-25-13/h2-3,6-8,21H,1,4-5,9-10H2,(H,19,23). The van der Waals surface area contributed by atoms with Crippen LogP contribution in [0.15, 0.2) is 35.0 Å². The van der Waals surface area contributed by atoms with Crippen LogP contribution < -0.4 is 10.1 Å². The Morgan fingerprint density at radius 3 is 3.00 bits per heavy atom. The molecule has 0 saturated carbocycles. The molecule has 3 heterocycles. The average Bonchev–Trinajstić information content (AvgIpc) is 3.17. The summed E-state index contributed by atoms with van der Waals surface area (Å²) in [7, 11) is 0. The second kappa shape index (κ2) is 6.46. The Labute approximate surface area is 142 Å². The van der Waals surface area contributed by atoms with Crippen molar-refractivity contribution in [2.24, 2.45) is 0 Å². The van der Waals surface area contributed by atoms with Crippen LogP contribution in [0.4, 0.5) is 9.18 Å². The van der Waals surface area contributed by atoms with Gasteiger partial charge >= 0.3 is 6.03 Å². The summed E-state index contributed by atoms with van der Waals surface area (Å²) in [5.41, 5.74) is 1.54. The number of urea groups is 1. The zero-order chi connectivity index (χ0) is 17.2. The Morgan fingerprint density at radius 1 is 1.40 bits per heavy atom. The highest BCUT2D eigenvalue weighted by Gasteiger charge is 2.19. The maximum atomic E-state index is 14.2. The van der Waals surface area contributed by atoms with Crippen molar-refractivity contribution in [3.8, 4) is 5.75 Å². The zero-order valence-electron chi connectivity index (χ0n) is 13.4. The van der Waals surface area contributed by atoms with E-state index in [0.29, 0.717) is 12.3 Å². The third-order valence-electron chi connectivity index (χ3n) is 4.16. The van der Waals surface area contributed by atoms with Gasteiger partial charge in [0.2, 0.25) is 0 Å². The van der Waals surface area contributed by atoms with E-state index in [-0.39, 0.29) is 18.4 Å². The number of hydrogen-bond donors (Lipinski definition) is 2. The van der Waals surface area contributed by atoms with Crippen LogP contribution in [-0.4, -0.2) is 34.2 Å². The van der Waals surface area contributed by atoms with Crippen LogP contribution in [0.1, 0.15) is 17.9 Å². The number of amides is 2. The van der Waals surface area contributed by atoms with Crippen molar-refractivity contribution >= 4 is 16.9 Å². The molecule has 1 aliphatic heterocycles. The molecule has 1 saturated heterocycles. The van der Waals surface area contributed by atoms with Crippen LogP contribution >= 0.6 is 0 Å². The smallest absolute Gasteiger partial charge is 0.317 e. The number of hydrogen-bond acceptors (Lipinski definition) is 4. The van der Waals surface area contributed by atoms with Crippen molar-refractivity contribution in [3.05, 3.63) is 47.7 Å². The van der Waals surface area contributed by atoms with Gasteiger partial charge in [0.15, 0.2) is 17.3 Å². The molecule has 0 unspecified atom stereocenters. The number of fused-ring (bicyclic) bond motifs is 1. The molecule has 0 spiro atoms. The van der Waals surface area contributed by atoms with Gasteiger partial charge in [0, 0.05) is 41.8 Å². The van der Waals surface area contributed by atoms with E-state index in [0.717, 1.165) is 36.1 Å². The van der Waals surface area contributed by atoms with Gasteiger partial charge in [0.1, 0.15) is 6.61 Å². The molecule has 1 fully saturated rings.